The van der Waals surface area contributed by atoms with E-state index in [1.165, 1.54) is 12.1 Å². The van der Waals surface area contributed by atoms with Crippen molar-refractivity contribution in [2.75, 3.05) is 19.8 Å². The predicted molar refractivity (Wildman–Crippen MR) is 82.2 cm³/mol. The molecule has 138 valence electrons. The summed E-state index contributed by atoms with van der Waals surface area (Å²) < 4.78 is 42.7. The summed E-state index contributed by atoms with van der Waals surface area (Å²) in [6.07, 6.45) is -2.57. The Balaban J connectivity index is 1.75. The summed E-state index contributed by atoms with van der Waals surface area (Å²) in [5.74, 6) is -0.791. The number of carbonyl (C=O) groups excluding carboxylic acids is 2. The first kappa shape index (κ1) is 19.2. The molecule has 1 fully saturated rings. The Kier molecular flexibility index (Phi) is 6.81. The second-order valence-corrected chi connectivity index (χ2v) is 5.72. The van der Waals surface area contributed by atoms with Gasteiger partial charge in [0, 0.05) is 19.4 Å². The SMILES string of the molecule is O=C(CCCc1ccc(C(F)(F)F)cc1)ON1CCOCCCC1=O. The fraction of sp³-hybridized carbons (Fsp3) is 0.529. The molecule has 0 N–H and O–H groups in total. The van der Waals surface area contributed by atoms with Crippen LogP contribution in [0.4, 0.5) is 13.2 Å². The quantitative estimate of drug-likeness (QED) is 0.811. The first-order valence-corrected chi connectivity index (χ1v) is 8.11. The van der Waals surface area contributed by atoms with Gasteiger partial charge in [0.1, 0.15) is 0 Å². The van der Waals surface area contributed by atoms with Crippen LogP contribution in [0.25, 0.3) is 0 Å². The zero-order valence-corrected chi connectivity index (χ0v) is 13.7. The molecular formula is C17H20F3NO4. The van der Waals surface area contributed by atoms with Crippen LogP contribution in [0.15, 0.2) is 24.3 Å². The van der Waals surface area contributed by atoms with Gasteiger partial charge < -0.3 is 9.57 Å². The van der Waals surface area contributed by atoms with Crippen LogP contribution in [0.2, 0.25) is 0 Å². The second kappa shape index (κ2) is 8.84. The maximum Gasteiger partial charge on any atom is 0.416 e. The first-order valence-electron chi connectivity index (χ1n) is 8.11. The van der Waals surface area contributed by atoms with E-state index >= 15 is 0 Å². The van der Waals surface area contributed by atoms with Crippen LogP contribution in [-0.4, -0.2) is 36.7 Å². The number of benzene rings is 1. The van der Waals surface area contributed by atoms with Crippen molar-refractivity contribution in [3.8, 4) is 0 Å². The number of aryl methyl sites for hydroxylation is 1. The summed E-state index contributed by atoms with van der Waals surface area (Å²) in [6, 6.07) is 4.83. The molecule has 0 radical (unpaired) electrons. The molecule has 0 aromatic heterocycles. The van der Waals surface area contributed by atoms with Crippen molar-refractivity contribution in [3.63, 3.8) is 0 Å². The van der Waals surface area contributed by atoms with Crippen LogP contribution in [-0.2, 0) is 31.8 Å². The van der Waals surface area contributed by atoms with E-state index in [9.17, 15) is 22.8 Å². The summed E-state index contributed by atoms with van der Waals surface area (Å²) in [5.41, 5.74) is 0.00464. The fourth-order valence-electron chi connectivity index (χ4n) is 2.39. The molecule has 25 heavy (non-hydrogen) atoms. The summed E-state index contributed by atoms with van der Waals surface area (Å²) in [6.45, 7) is 1.02. The first-order chi connectivity index (χ1) is 11.9. The lowest BCUT2D eigenvalue weighted by molar-refractivity contribution is -0.202. The maximum atomic E-state index is 12.5. The second-order valence-electron chi connectivity index (χ2n) is 5.72. The number of alkyl halides is 3. The molecule has 1 aromatic rings. The van der Waals surface area contributed by atoms with Gasteiger partial charge in [0.25, 0.3) is 5.91 Å². The van der Waals surface area contributed by atoms with Crippen molar-refractivity contribution in [1.29, 1.82) is 0 Å². The normalized spacial score (nSPS) is 16.3. The molecule has 8 heteroatoms. The molecule has 1 saturated heterocycles. The summed E-state index contributed by atoms with van der Waals surface area (Å²) in [5, 5.41) is 1.03. The third-order valence-electron chi connectivity index (χ3n) is 3.74. The van der Waals surface area contributed by atoms with Crippen LogP contribution in [0.3, 0.4) is 0 Å². The number of hydroxylamine groups is 2. The highest BCUT2D eigenvalue weighted by atomic mass is 19.4. The van der Waals surface area contributed by atoms with E-state index in [0.717, 1.165) is 17.2 Å². The van der Waals surface area contributed by atoms with Gasteiger partial charge in [-0.2, -0.15) is 18.2 Å². The van der Waals surface area contributed by atoms with Gasteiger partial charge in [-0.15, -0.1) is 0 Å². The number of carbonyl (C=O) groups is 2. The predicted octanol–water partition coefficient (Wildman–Crippen LogP) is 3.13. The number of rotatable bonds is 5. The van der Waals surface area contributed by atoms with Gasteiger partial charge in [0.15, 0.2) is 0 Å². The molecule has 0 atom stereocenters. The molecule has 0 saturated carbocycles. The van der Waals surface area contributed by atoms with Gasteiger partial charge in [-0.25, -0.2) is 4.79 Å². The Hall–Kier alpha value is -2.09. The molecule has 1 amide bonds. The third-order valence-corrected chi connectivity index (χ3v) is 3.74. The van der Waals surface area contributed by atoms with E-state index in [0.29, 0.717) is 38.0 Å². The van der Waals surface area contributed by atoms with Gasteiger partial charge in [0.2, 0.25) is 0 Å². The van der Waals surface area contributed by atoms with Crippen LogP contribution in [0.5, 0.6) is 0 Å². The van der Waals surface area contributed by atoms with Crippen LogP contribution >= 0.6 is 0 Å². The van der Waals surface area contributed by atoms with Crippen LogP contribution < -0.4 is 0 Å². The minimum Gasteiger partial charge on any atom is -0.379 e. The molecule has 1 heterocycles. The standard InChI is InChI=1S/C17H20F3NO4/c18-17(19,20)14-8-6-13(7-9-14)3-1-5-16(23)25-21-10-12-24-11-2-4-15(21)22/h6-9H,1-5,10-12H2. The van der Waals surface area contributed by atoms with Crippen molar-refractivity contribution in [2.24, 2.45) is 0 Å². The lowest BCUT2D eigenvalue weighted by atomic mass is 10.1. The maximum absolute atomic E-state index is 12.5. The molecule has 1 aromatic carbocycles. The number of hydrogen-bond donors (Lipinski definition) is 0. The molecule has 5 nitrogen and oxygen atoms in total. The average Bonchev–Trinajstić information content (AvgIpc) is 2.54. The minimum absolute atomic E-state index is 0.0751. The van der Waals surface area contributed by atoms with E-state index in [-0.39, 0.29) is 25.3 Å². The van der Waals surface area contributed by atoms with Crippen molar-refractivity contribution >= 4 is 11.9 Å². The smallest absolute Gasteiger partial charge is 0.379 e. The van der Waals surface area contributed by atoms with Gasteiger partial charge in [0.05, 0.1) is 18.7 Å². The summed E-state index contributed by atoms with van der Waals surface area (Å²) in [7, 11) is 0. The van der Waals surface area contributed by atoms with Crippen molar-refractivity contribution in [3.05, 3.63) is 35.4 Å². The lowest BCUT2D eigenvalue weighted by Crippen LogP contribution is -2.37. The molecule has 0 bridgehead atoms. The number of ether oxygens (including phenoxy) is 1. The lowest BCUT2D eigenvalue weighted by Gasteiger charge is -2.23. The average molecular weight is 359 g/mol. The van der Waals surface area contributed by atoms with Gasteiger partial charge in [-0.3, -0.25) is 4.79 Å². The monoisotopic (exact) mass is 359 g/mol. The van der Waals surface area contributed by atoms with E-state index < -0.39 is 17.7 Å². The zero-order chi connectivity index (χ0) is 18.3. The Labute approximate surface area is 143 Å². The van der Waals surface area contributed by atoms with E-state index in [4.69, 9.17) is 9.57 Å². The van der Waals surface area contributed by atoms with E-state index in [2.05, 4.69) is 0 Å². The van der Waals surface area contributed by atoms with Gasteiger partial charge in [-0.1, -0.05) is 12.1 Å². The highest BCUT2D eigenvalue weighted by molar-refractivity contribution is 5.78. The molecule has 0 unspecified atom stereocenters. The summed E-state index contributed by atoms with van der Waals surface area (Å²) in [4.78, 5) is 28.7. The largest absolute Gasteiger partial charge is 0.416 e. The van der Waals surface area contributed by atoms with Crippen molar-refractivity contribution < 1.29 is 32.3 Å². The highest BCUT2D eigenvalue weighted by Gasteiger charge is 2.29. The number of halogens is 3. The van der Waals surface area contributed by atoms with Crippen molar-refractivity contribution in [1.82, 2.24) is 5.06 Å². The minimum atomic E-state index is -4.36. The summed E-state index contributed by atoms with van der Waals surface area (Å²) >= 11 is 0. The Morgan fingerprint density at radius 3 is 2.60 bits per heavy atom. The number of amides is 1. The molecular weight excluding hydrogens is 339 g/mol. The fourth-order valence-corrected chi connectivity index (χ4v) is 2.39. The molecule has 1 aliphatic heterocycles. The number of hydrogen-bond acceptors (Lipinski definition) is 4. The molecule has 0 aliphatic carbocycles. The third kappa shape index (κ3) is 6.38. The van der Waals surface area contributed by atoms with Gasteiger partial charge in [-0.05, 0) is 37.0 Å². The van der Waals surface area contributed by atoms with E-state index in [1.54, 1.807) is 0 Å². The Morgan fingerprint density at radius 1 is 1.20 bits per heavy atom. The van der Waals surface area contributed by atoms with Crippen molar-refractivity contribution in [2.45, 2.75) is 38.3 Å². The molecule has 1 aliphatic rings. The van der Waals surface area contributed by atoms with Crippen LogP contribution in [0, 0.1) is 0 Å². The molecule has 0 spiro atoms. The Morgan fingerprint density at radius 2 is 1.92 bits per heavy atom. The molecule has 2 rings (SSSR count). The van der Waals surface area contributed by atoms with E-state index in [1.807, 2.05) is 0 Å². The number of nitrogens with zero attached hydrogens (tertiary/aromatic N) is 1. The Bertz CT molecular complexity index is 587. The topological polar surface area (TPSA) is 55.8 Å². The zero-order valence-electron chi connectivity index (χ0n) is 13.7. The van der Waals surface area contributed by atoms with Gasteiger partial charge >= 0.3 is 12.1 Å². The highest BCUT2D eigenvalue weighted by Crippen LogP contribution is 2.29. The van der Waals surface area contributed by atoms with Crippen LogP contribution in [0.1, 0.15) is 36.8 Å².